The van der Waals surface area contributed by atoms with Gasteiger partial charge in [0.25, 0.3) is 0 Å². The van der Waals surface area contributed by atoms with Gasteiger partial charge in [0.15, 0.2) is 5.78 Å². The first-order chi connectivity index (χ1) is 8.25. The van der Waals surface area contributed by atoms with Crippen molar-refractivity contribution in [3.63, 3.8) is 0 Å². The Kier molecular flexibility index (Phi) is 2.75. The summed E-state index contributed by atoms with van der Waals surface area (Å²) in [6, 6.07) is 8.20. The fourth-order valence-electron chi connectivity index (χ4n) is 3.35. The number of nitrogens with zero attached hydrogens (tertiary/aromatic N) is 1. The number of ketones is 1. The normalized spacial score (nSPS) is 26.2. The molecule has 1 atom stereocenters. The highest BCUT2D eigenvalue weighted by atomic mass is 16.1. The zero-order chi connectivity index (χ0) is 11.8. The molecular formula is C15H19NO. The van der Waals surface area contributed by atoms with Gasteiger partial charge in [-0.25, -0.2) is 0 Å². The standard InChI is InChI=1S/C15H19NO/c1-16-8-6-11(7-9-16)14-10-15(17)13-5-3-2-4-12(13)14/h2-5,11,14H,6-10H2,1H3/t14-/m1/s1. The molecule has 0 N–H and O–H groups in total. The van der Waals surface area contributed by atoms with Crippen LogP contribution in [0.2, 0.25) is 0 Å². The van der Waals surface area contributed by atoms with Gasteiger partial charge in [0, 0.05) is 12.0 Å². The van der Waals surface area contributed by atoms with E-state index in [4.69, 9.17) is 0 Å². The van der Waals surface area contributed by atoms with E-state index in [0.29, 0.717) is 17.6 Å². The van der Waals surface area contributed by atoms with Crippen LogP contribution in [0.1, 0.15) is 41.1 Å². The second kappa shape index (κ2) is 4.26. The molecule has 0 radical (unpaired) electrons. The Morgan fingerprint density at radius 2 is 1.88 bits per heavy atom. The summed E-state index contributed by atoms with van der Waals surface area (Å²) in [5.41, 5.74) is 2.29. The minimum atomic E-state index is 0.351. The number of carbonyl (C=O) groups excluding carboxylic acids is 1. The summed E-state index contributed by atoms with van der Waals surface area (Å²) in [4.78, 5) is 14.4. The number of hydrogen-bond acceptors (Lipinski definition) is 2. The van der Waals surface area contributed by atoms with Gasteiger partial charge in [-0.2, -0.15) is 0 Å². The van der Waals surface area contributed by atoms with Gasteiger partial charge in [0.1, 0.15) is 0 Å². The molecule has 0 saturated carbocycles. The lowest BCUT2D eigenvalue weighted by Gasteiger charge is -2.32. The minimum absolute atomic E-state index is 0.351. The average molecular weight is 229 g/mol. The predicted molar refractivity (Wildman–Crippen MR) is 68.4 cm³/mol. The number of fused-ring (bicyclic) bond motifs is 1. The van der Waals surface area contributed by atoms with Gasteiger partial charge in [-0.05, 0) is 50.4 Å². The number of likely N-dealkylation sites (tertiary alicyclic amines) is 1. The summed E-state index contributed by atoms with van der Waals surface area (Å²) in [5, 5.41) is 0. The van der Waals surface area contributed by atoms with Crippen molar-refractivity contribution in [1.82, 2.24) is 4.90 Å². The number of hydrogen-bond donors (Lipinski definition) is 0. The third-order valence-electron chi connectivity index (χ3n) is 4.40. The largest absolute Gasteiger partial charge is 0.306 e. The maximum absolute atomic E-state index is 12.0. The molecule has 2 aliphatic rings. The molecule has 1 aromatic rings. The molecular weight excluding hydrogens is 210 g/mol. The molecule has 1 heterocycles. The average Bonchev–Trinajstić information content (AvgIpc) is 2.69. The Bertz CT molecular complexity index is 432. The fourth-order valence-corrected chi connectivity index (χ4v) is 3.35. The third-order valence-corrected chi connectivity index (χ3v) is 4.40. The van der Waals surface area contributed by atoms with Crippen LogP contribution in [-0.2, 0) is 0 Å². The van der Waals surface area contributed by atoms with Crippen molar-refractivity contribution >= 4 is 5.78 Å². The van der Waals surface area contributed by atoms with Crippen molar-refractivity contribution in [3.8, 4) is 0 Å². The van der Waals surface area contributed by atoms with E-state index >= 15 is 0 Å². The predicted octanol–water partition coefficient (Wildman–Crippen LogP) is 2.70. The van der Waals surface area contributed by atoms with E-state index in [-0.39, 0.29) is 0 Å². The highest BCUT2D eigenvalue weighted by Crippen LogP contribution is 2.41. The lowest BCUT2D eigenvalue weighted by atomic mass is 9.81. The Morgan fingerprint density at radius 1 is 1.18 bits per heavy atom. The van der Waals surface area contributed by atoms with Crippen LogP contribution >= 0.6 is 0 Å². The molecule has 2 heteroatoms. The highest BCUT2D eigenvalue weighted by molar-refractivity contribution is 6.01. The van der Waals surface area contributed by atoms with Gasteiger partial charge in [-0.3, -0.25) is 4.79 Å². The summed E-state index contributed by atoms with van der Waals surface area (Å²) >= 11 is 0. The molecule has 0 spiro atoms. The molecule has 1 aliphatic heterocycles. The molecule has 0 aromatic heterocycles. The topological polar surface area (TPSA) is 20.3 Å². The van der Waals surface area contributed by atoms with E-state index in [1.165, 1.54) is 31.5 Å². The Hall–Kier alpha value is -1.15. The Balaban J connectivity index is 1.84. The second-order valence-electron chi connectivity index (χ2n) is 5.46. The number of benzene rings is 1. The van der Waals surface area contributed by atoms with Crippen molar-refractivity contribution in [2.45, 2.75) is 25.2 Å². The van der Waals surface area contributed by atoms with Gasteiger partial charge in [-0.1, -0.05) is 24.3 Å². The van der Waals surface area contributed by atoms with Gasteiger partial charge in [-0.15, -0.1) is 0 Å². The van der Waals surface area contributed by atoms with E-state index in [9.17, 15) is 4.79 Å². The van der Waals surface area contributed by atoms with Crippen LogP contribution in [0.4, 0.5) is 0 Å². The molecule has 90 valence electrons. The molecule has 0 amide bonds. The van der Waals surface area contributed by atoms with Crippen LogP contribution in [0, 0.1) is 5.92 Å². The molecule has 2 nitrogen and oxygen atoms in total. The van der Waals surface area contributed by atoms with Gasteiger partial charge >= 0.3 is 0 Å². The van der Waals surface area contributed by atoms with E-state index in [1.807, 2.05) is 12.1 Å². The van der Waals surface area contributed by atoms with Crippen LogP contribution in [0.25, 0.3) is 0 Å². The Morgan fingerprint density at radius 3 is 2.65 bits per heavy atom. The van der Waals surface area contributed by atoms with Crippen molar-refractivity contribution in [2.75, 3.05) is 20.1 Å². The van der Waals surface area contributed by atoms with E-state index in [2.05, 4.69) is 24.1 Å². The lowest BCUT2D eigenvalue weighted by molar-refractivity contribution is 0.0974. The number of Topliss-reactive ketones (excluding diaryl/α,β-unsaturated/α-hetero) is 1. The quantitative estimate of drug-likeness (QED) is 0.738. The van der Waals surface area contributed by atoms with Crippen LogP contribution in [0.3, 0.4) is 0 Å². The minimum Gasteiger partial charge on any atom is -0.306 e. The maximum atomic E-state index is 12.0. The molecule has 17 heavy (non-hydrogen) atoms. The zero-order valence-electron chi connectivity index (χ0n) is 10.4. The summed E-state index contributed by atoms with van der Waals surface area (Å²) in [5.74, 6) is 1.55. The SMILES string of the molecule is CN1CCC([C@H]2CC(=O)c3ccccc32)CC1. The van der Waals surface area contributed by atoms with Crippen LogP contribution < -0.4 is 0 Å². The molecule has 3 rings (SSSR count). The lowest BCUT2D eigenvalue weighted by Crippen LogP contribution is -2.32. The maximum Gasteiger partial charge on any atom is 0.163 e. The first-order valence-corrected chi connectivity index (χ1v) is 6.56. The summed E-state index contributed by atoms with van der Waals surface area (Å²) < 4.78 is 0. The summed E-state index contributed by atoms with van der Waals surface area (Å²) in [6.07, 6.45) is 3.22. The molecule has 1 aliphatic carbocycles. The number of carbonyl (C=O) groups is 1. The van der Waals surface area contributed by atoms with E-state index < -0.39 is 0 Å². The zero-order valence-corrected chi connectivity index (χ0v) is 10.4. The molecule has 1 aromatic carbocycles. The van der Waals surface area contributed by atoms with Gasteiger partial charge < -0.3 is 4.90 Å². The monoisotopic (exact) mass is 229 g/mol. The Labute approximate surface area is 103 Å². The van der Waals surface area contributed by atoms with Crippen LogP contribution in [0.15, 0.2) is 24.3 Å². The van der Waals surface area contributed by atoms with Gasteiger partial charge in [0.2, 0.25) is 0 Å². The van der Waals surface area contributed by atoms with Crippen molar-refractivity contribution in [1.29, 1.82) is 0 Å². The first kappa shape index (κ1) is 11.0. The van der Waals surface area contributed by atoms with Crippen LogP contribution in [-0.4, -0.2) is 30.8 Å². The summed E-state index contributed by atoms with van der Waals surface area (Å²) in [6.45, 7) is 2.36. The smallest absolute Gasteiger partial charge is 0.163 e. The fraction of sp³-hybridized carbons (Fsp3) is 0.533. The number of piperidine rings is 1. The number of rotatable bonds is 1. The molecule has 0 unspecified atom stereocenters. The third kappa shape index (κ3) is 1.91. The first-order valence-electron chi connectivity index (χ1n) is 6.56. The molecule has 1 saturated heterocycles. The van der Waals surface area contributed by atoms with Crippen molar-refractivity contribution in [2.24, 2.45) is 5.92 Å². The summed E-state index contributed by atoms with van der Waals surface area (Å²) in [7, 11) is 2.18. The van der Waals surface area contributed by atoms with E-state index in [1.54, 1.807) is 0 Å². The van der Waals surface area contributed by atoms with Crippen molar-refractivity contribution in [3.05, 3.63) is 35.4 Å². The van der Waals surface area contributed by atoms with Crippen LogP contribution in [0.5, 0.6) is 0 Å². The molecule has 1 fully saturated rings. The molecule has 0 bridgehead atoms. The van der Waals surface area contributed by atoms with E-state index in [0.717, 1.165) is 12.0 Å². The van der Waals surface area contributed by atoms with Gasteiger partial charge in [0.05, 0.1) is 0 Å². The van der Waals surface area contributed by atoms with Crippen molar-refractivity contribution < 1.29 is 4.79 Å². The second-order valence-corrected chi connectivity index (χ2v) is 5.46. The highest BCUT2D eigenvalue weighted by Gasteiger charge is 2.35.